The maximum absolute atomic E-state index is 12.6. The summed E-state index contributed by atoms with van der Waals surface area (Å²) >= 11 is 0. The van der Waals surface area contributed by atoms with Gasteiger partial charge in [0, 0.05) is 38.8 Å². The Morgan fingerprint density at radius 1 is 1.04 bits per heavy atom. The molecule has 0 saturated carbocycles. The molecule has 0 N–H and O–H groups in total. The van der Waals surface area contributed by atoms with Gasteiger partial charge in [-0.3, -0.25) is 4.79 Å². The van der Waals surface area contributed by atoms with Crippen LogP contribution in [0.25, 0.3) is 11.2 Å². The molecule has 0 unspecified atom stereocenters. The van der Waals surface area contributed by atoms with Crippen molar-refractivity contribution in [1.29, 1.82) is 0 Å². The van der Waals surface area contributed by atoms with Gasteiger partial charge in [-0.25, -0.2) is 14.6 Å². The molecule has 0 atom stereocenters. The zero-order chi connectivity index (χ0) is 17.4. The predicted molar refractivity (Wildman–Crippen MR) is 93.4 cm³/mol. The Labute approximate surface area is 145 Å². The van der Waals surface area contributed by atoms with Crippen molar-refractivity contribution in [3.8, 4) is 0 Å². The van der Waals surface area contributed by atoms with Crippen molar-refractivity contribution in [3.63, 3.8) is 0 Å². The number of hydrogen-bond acceptors (Lipinski definition) is 6. The summed E-state index contributed by atoms with van der Waals surface area (Å²) < 4.78 is 1.64. The third-order valence-electron chi connectivity index (χ3n) is 4.53. The largest absolute Gasteiger partial charge is 0.351 e. The second-order valence-corrected chi connectivity index (χ2v) is 6.23. The number of fused-ring (bicyclic) bond motifs is 1. The van der Waals surface area contributed by atoms with Crippen LogP contribution in [0.3, 0.4) is 0 Å². The van der Waals surface area contributed by atoms with Crippen LogP contribution in [0.1, 0.15) is 15.9 Å². The molecular formula is C17H19N7O. The van der Waals surface area contributed by atoms with Gasteiger partial charge in [-0.1, -0.05) is 22.9 Å². The first kappa shape index (κ1) is 15.5. The van der Waals surface area contributed by atoms with Gasteiger partial charge < -0.3 is 9.80 Å². The van der Waals surface area contributed by atoms with Crippen molar-refractivity contribution in [1.82, 2.24) is 29.9 Å². The van der Waals surface area contributed by atoms with Gasteiger partial charge in [-0.05, 0) is 19.1 Å². The highest BCUT2D eigenvalue weighted by molar-refractivity contribution is 5.94. The number of aromatic nitrogens is 5. The van der Waals surface area contributed by atoms with Gasteiger partial charge in [-0.2, -0.15) is 0 Å². The molecule has 1 fully saturated rings. The molecule has 25 heavy (non-hydrogen) atoms. The lowest BCUT2D eigenvalue weighted by molar-refractivity contribution is 0.0746. The quantitative estimate of drug-likeness (QED) is 0.695. The van der Waals surface area contributed by atoms with Crippen molar-refractivity contribution in [2.24, 2.45) is 7.05 Å². The summed E-state index contributed by atoms with van der Waals surface area (Å²) in [6.07, 6.45) is 1.53. The van der Waals surface area contributed by atoms with Crippen LogP contribution >= 0.6 is 0 Å². The summed E-state index contributed by atoms with van der Waals surface area (Å²) in [5.74, 6) is 0.854. The van der Waals surface area contributed by atoms with Crippen LogP contribution in [0, 0.1) is 6.92 Å². The SMILES string of the molecule is Cc1ccc(C(=O)N2CCN(c3ncnc4c3nnn4C)CC2)cc1. The summed E-state index contributed by atoms with van der Waals surface area (Å²) in [7, 11) is 1.81. The number of carbonyl (C=O) groups excluding carboxylic acids is 1. The number of hydrogen-bond donors (Lipinski definition) is 0. The lowest BCUT2D eigenvalue weighted by atomic mass is 10.1. The van der Waals surface area contributed by atoms with Crippen molar-refractivity contribution < 1.29 is 4.79 Å². The molecule has 2 aromatic heterocycles. The molecule has 0 radical (unpaired) electrons. The zero-order valence-electron chi connectivity index (χ0n) is 14.3. The van der Waals surface area contributed by atoms with Gasteiger partial charge in [0.2, 0.25) is 0 Å². The van der Waals surface area contributed by atoms with Crippen LogP contribution < -0.4 is 4.90 Å². The van der Waals surface area contributed by atoms with E-state index < -0.39 is 0 Å². The molecule has 1 saturated heterocycles. The Hall–Kier alpha value is -3.03. The summed E-state index contributed by atoms with van der Waals surface area (Å²) in [4.78, 5) is 25.2. The van der Waals surface area contributed by atoms with Crippen molar-refractivity contribution >= 4 is 22.9 Å². The smallest absolute Gasteiger partial charge is 0.253 e. The molecule has 0 spiro atoms. The fourth-order valence-electron chi connectivity index (χ4n) is 3.07. The Balaban J connectivity index is 1.49. The molecular weight excluding hydrogens is 318 g/mol. The molecule has 3 heterocycles. The standard InChI is InChI=1S/C17H19N7O/c1-12-3-5-13(6-4-12)17(25)24-9-7-23(8-10-24)16-14-15(18-11-19-16)22(2)21-20-14/h3-6,11H,7-10H2,1-2H3. The van der Waals surface area contributed by atoms with E-state index in [2.05, 4.69) is 25.2 Å². The van der Waals surface area contributed by atoms with Crippen LogP contribution in [0.2, 0.25) is 0 Å². The van der Waals surface area contributed by atoms with Crippen LogP contribution in [0.4, 0.5) is 5.82 Å². The number of piperazine rings is 1. The van der Waals surface area contributed by atoms with E-state index in [1.165, 1.54) is 6.33 Å². The molecule has 0 aliphatic carbocycles. The summed E-state index contributed by atoms with van der Waals surface area (Å²) in [5, 5.41) is 8.18. The minimum absolute atomic E-state index is 0.0759. The van der Waals surface area contributed by atoms with Crippen LogP contribution in [0.15, 0.2) is 30.6 Å². The lowest BCUT2D eigenvalue weighted by Crippen LogP contribution is -2.49. The van der Waals surface area contributed by atoms with Crippen LogP contribution in [-0.2, 0) is 7.05 Å². The van der Waals surface area contributed by atoms with Crippen molar-refractivity contribution in [3.05, 3.63) is 41.7 Å². The number of carbonyl (C=O) groups is 1. The highest BCUT2D eigenvalue weighted by Gasteiger charge is 2.25. The number of rotatable bonds is 2. The second kappa shape index (κ2) is 6.12. The molecule has 8 nitrogen and oxygen atoms in total. The van der Waals surface area contributed by atoms with Crippen LogP contribution in [0.5, 0.6) is 0 Å². The van der Waals surface area contributed by atoms with E-state index in [4.69, 9.17) is 0 Å². The molecule has 1 aromatic carbocycles. The van der Waals surface area contributed by atoms with E-state index in [0.717, 1.165) is 16.9 Å². The number of benzene rings is 1. The lowest BCUT2D eigenvalue weighted by Gasteiger charge is -2.35. The number of aryl methyl sites for hydroxylation is 2. The van der Waals surface area contributed by atoms with Crippen LogP contribution in [-0.4, -0.2) is 61.9 Å². The molecule has 4 rings (SSSR count). The van der Waals surface area contributed by atoms with E-state index >= 15 is 0 Å². The minimum atomic E-state index is 0.0759. The maximum Gasteiger partial charge on any atom is 0.253 e. The average Bonchev–Trinajstić information content (AvgIpc) is 3.03. The molecule has 0 bridgehead atoms. The third-order valence-corrected chi connectivity index (χ3v) is 4.53. The number of nitrogens with zero attached hydrogens (tertiary/aromatic N) is 7. The number of anilines is 1. The molecule has 1 aliphatic heterocycles. The zero-order valence-corrected chi connectivity index (χ0v) is 14.3. The normalized spacial score (nSPS) is 15.0. The monoisotopic (exact) mass is 337 g/mol. The molecule has 3 aromatic rings. The molecule has 8 heteroatoms. The van der Waals surface area contributed by atoms with E-state index in [1.54, 1.807) is 4.68 Å². The van der Waals surface area contributed by atoms with Gasteiger partial charge in [0.15, 0.2) is 17.0 Å². The summed E-state index contributed by atoms with van der Waals surface area (Å²) in [6, 6.07) is 7.71. The van der Waals surface area contributed by atoms with Gasteiger partial charge in [0.25, 0.3) is 5.91 Å². The molecule has 1 aliphatic rings. The first-order valence-electron chi connectivity index (χ1n) is 8.25. The Bertz CT molecular complexity index is 910. The molecule has 1 amide bonds. The number of amides is 1. The first-order valence-corrected chi connectivity index (χ1v) is 8.25. The van der Waals surface area contributed by atoms with Gasteiger partial charge >= 0.3 is 0 Å². The highest BCUT2D eigenvalue weighted by atomic mass is 16.2. The topological polar surface area (TPSA) is 80.0 Å². The Morgan fingerprint density at radius 2 is 1.76 bits per heavy atom. The third kappa shape index (κ3) is 2.79. The van der Waals surface area contributed by atoms with E-state index in [-0.39, 0.29) is 5.91 Å². The Morgan fingerprint density at radius 3 is 2.48 bits per heavy atom. The van der Waals surface area contributed by atoms with E-state index in [0.29, 0.717) is 37.3 Å². The maximum atomic E-state index is 12.6. The van der Waals surface area contributed by atoms with Gasteiger partial charge in [0.05, 0.1) is 0 Å². The fourth-order valence-corrected chi connectivity index (χ4v) is 3.07. The second-order valence-electron chi connectivity index (χ2n) is 6.23. The summed E-state index contributed by atoms with van der Waals surface area (Å²) in [6.45, 7) is 4.74. The van der Waals surface area contributed by atoms with E-state index in [9.17, 15) is 4.79 Å². The molecule has 128 valence electrons. The predicted octanol–water partition coefficient (Wildman–Crippen LogP) is 1.03. The minimum Gasteiger partial charge on any atom is -0.351 e. The van der Waals surface area contributed by atoms with Gasteiger partial charge in [-0.15, -0.1) is 5.10 Å². The van der Waals surface area contributed by atoms with Crippen molar-refractivity contribution in [2.45, 2.75) is 6.92 Å². The highest BCUT2D eigenvalue weighted by Crippen LogP contribution is 2.21. The summed E-state index contributed by atoms with van der Waals surface area (Å²) in [5.41, 5.74) is 3.29. The average molecular weight is 337 g/mol. The fraction of sp³-hybridized carbons (Fsp3) is 0.353. The first-order chi connectivity index (χ1) is 12.1. The van der Waals surface area contributed by atoms with Crippen molar-refractivity contribution in [2.75, 3.05) is 31.1 Å². The van der Waals surface area contributed by atoms with E-state index in [1.807, 2.05) is 43.1 Å². The van der Waals surface area contributed by atoms with Gasteiger partial charge in [0.1, 0.15) is 6.33 Å². The Kier molecular flexibility index (Phi) is 3.79.